The standard InChI is InChI=1S/C17H20ClN3O3/c1-19-16-9-11(8-15(18)20-16)17(23)21-6-2-4-12(21)10-13(22)14-5-3-7-24-14/h3,5,7-9,12-13,22H,2,4,6,10H2,1H3,(H,19,20). The smallest absolute Gasteiger partial charge is 0.254 e. The van der Waals surface area contributed by atoms with E-state index in [1.165, 1.54) is 6.26 Å². The molecule has 2 aromatic rings. The molecule has 0 radical (unpaired) electrons. The molecule has 2 atom stereocenters. The van der Waals surface area contributed by atoms with Crippen LogP contribution in [-0.4, -0.2) is 40.5 Å². The minimum atomic E-state index is -0.715. The van der Waals surface area contributed by atoms with Crippen LogP contribution in [0.2, 0.25) is 5.15 Å². The largest absolute Gasteiger partial charge is 0.467 e. The summed E-state index contributed by atoms with van der Waals surface area (Å²) in [4.78, 5) is 18.7. The van der Waals surface area contributed by atoms with Crippen LogP contribution in [0.3, 0.4) is 0 Å². The molecule has 1 aliphatic heterocycles. The molecule has 0 saturated carbocycles. The number of carbonyl (C=O) groups excluding carboxylic acids is 1. The van der Waals surface area contributed by atoms with Crippen molar-refractivity contribution in [2.24, 2.45) is 0 Å². The van der Waals surface area contributed by atoms with Crippen molar-refractivity contribution >= 4 is 23.3 Å². The Bertz CT molecular complexity index is 705. The number of hydrogen-bond donors (Lipinski definition) is 2. The first-order valence-corrected chi connectivity index (χ1v) is 8.34. The number of nitrogens with one attached hydrogen (secondary N) is 1. The number of carbonyl (C=O) groups is 1. The molecule has 2 unspecified atom stereocenters. The van der Waals surface area contributed by atoms with Gasteiger partial charge in [0.1, 0.15) is 22.8 Å². The van der Waals surface area contributed by atoms with Crippen LogP contribution in [0.4, 0.5) is 5.82 Å². The van der Waals surface area contributed by atoms with Gasteiger partial charge >= 0.3 is 0 Å². The highest BCUT2D eigenvalue weighted by molar-refractivity contribution is 6.29. The highest BCUT2D eigenvalue weighted by Gasteiger charge is 2.32. The fourth-order valence-corrected chi connectivity index (χ4v) is 3.33. The van der Waals surface area contributed by atoms with E-state index in [1.807, 2.05) is 0 Å². The third-order valence-corrected chi connectivity index (χ3v) is 4.50. The summed E-state index contributed by atoms with van der Waals surface area (Å²) in [6.45, 7) is 0.670. The number of rotatable bonds is 5. The van der Waals surface area contributed by atoms with Crippen molar-refractivity contribution in [3.05, 3.63) is 47.0 Å². The highest BCUT2D eigenvalue weighted by atomic mass is 35.5. The Morgan fingerprint density at radius 3 is 3.12 bits per heavy atom. The molecule has 1 saturated heterocycles. The molecule has 2 N–H and O–H groups in total. The lowest BCUT2D eigenvalue weighted by Gasteiger charge is -2.26. The van der Waals surface area contributed by atoms with Crippen LogP contribution < -0.4 is 5.32 Å². The minimum absolute atomic E-state index is 0.0254. The second kappa shape index (κ2) is 7.23. The first-order valence-electron chi connectivity index (χ1n) is 7.96. The van der Waals surface area contributed by atoms with Crippen LogP contribution in [0, 0.1) is 0 Å². The third kappa shape index (κ3) is 3.55. The maximum Gasteiger partial charge on any atom is 0.254 e. The molecule has 0 spiro atoms. The van der Waals surface area contributed by atoms with E-state index in [9.17, 15) is 9.90 Å². The van der Waals surface area contributed by atoms with Gasteiger partial charge in [-0.2, -0.15) is 0 Å². The van der Waals surface area contributed by atoms with Crippen molar-refractivity contribution < 1.29 is 14.3 Å². The molecule has 3 rings (SSSR count). The topological polar surface area (TPSA) is 78.6 Å². The van der Waals surface area contributed by atoms with Gasteiger partial charge < -0.3 is 19.7 Å². The summed E-state index contributed by atoms with van der Waals surface area (Å²) in [6, 6.07) is 6.72. The molecule has 0 bridgehead atoms. The summed E-state index contributed by atoms with van der Waals surface area (Å²) in [7, 11) is 1.73. The van der Waals surface area contributed by atoms with Crippen LogP contribution in [-0.2, 0) is 0 Å². The van der Waals surface area contributed by atoms with Gasteiger partial charge in [0.25, 0.3) is 5.91 Å². The van der Waals surface area contributed by atoms with Crippen molar-refractivity contribution in [1.29, 1.82) is 0 Å². The van der Waals surface area contributed by atoms with Crippen molar-refractivity contribution in [3.8, 4) is 0 Å². The number of halogens is 1. The molecule has 3 heterocycles. The Labute approximate surface area is 145 Å². The molecule has 2 aromatic heterocycles. The zero-order valence-corrected chi connectivity index (χ0v) is 14.2. The first-order chi connectivity index (χ1) is 11.6. The van der Waals surface area contributed by atoms with E-state index in [1.54, 1.807) is 36.2 Å². The maximum atomic E-state index is 12.9. The average Bonchev–Trinajstić information content (AvgIpc) is 3.25. The Morgan fingerprint density at radius 2 is 2.42 bits per heavy atom. The summed E-state index contributed by atoms with van der Waals surface area (Å²) in [5, 5.41) is 13.5. The van der Waals surface area contributed by atoms with E-state index in [2.05, 4.69) is 10.3 Å². The number of aliphatic hydroxyl groups excluding tert-OH is 1. The quantitative estimate of drug-likeness (QED) is 0.811. The molecular weight excluding hydrogens is 330 g/mol. The summed E-state index contributed by atoms with van der Waals surface area (Å²) >= 11 is 5.99. The van der Waals surface area contributed by atoms with Crippen molar-refractivity contribution in [2.45, 2.75) is 31.4 Å². The van der Waals surface area contributed by atoms with E-state index in [-0.39, 0.29) is 17.1 Å². The molecule has 6 nitrogen and oxygen atoms in total. The van der Waals surface area contributed by atoms with Gasteiger partial charge in [-0.05, 0) is 37.1 Å². The molecule has 128 valence electrons. The lowest BCUT2D eigenvalue weighted by molar-refractivity contribution is 0.0641. The summed E-state index contributed by atoms with van der Waals surface area (Å²) in [5.41, 5.74) is 0.499. The van der Waals surface area contributed by atoms with Gasteiger partial charge in [-0.3, -0.25) is 4.79 Å². The SMILES string of the molecule is CNc1cc(C(=O)N2CCCC2CC(O)c2ccco2)cc(Cl)n1. The molecule has 0 aromatic carbocycles. The average molecular weight is 350 g/mol. The lowest BCUT2D eigenvalue weighted by Crippen LogP contribution is -2.36. The molecular formula is C17H20ClN3O3. The highest BCUT2D eigenvalue weighted by Crippen LogP contribution is 2.29. The van der Waals surface area contributed by atoms with Crippen molar-refractivity contribution in [1.82, 2.24) is 9.88 Å². The Morgan fingerprint density at radius 1 is 1.58 bits per heavy atom. The Balaban J connectivity index is 1.75. The number of nitrogens with zero attached hydrogens (tertiary/aromatic N) is 2. The summed E-state index contributed by atoms with van der Waals surface area (Å²) in [6.07, 6.45) is 3.05. The normalized spacial score (nSPS) is 18.6. The molecule has 1 amide bonds. The van der Waals surface area contributed by atoms with Gasteiger partial charge in [-0.15, -0.1) is 0 Å². The van der Waals surface area contributed by atoms with E-state index >= 15 is 0 Å². The first kappa shape index (κ1) is 16.8. The number of aromatic nitrogens is 1. The van der Waals surface area contributed by atoms with Gasteiger partial charge in [-0.25, -0.2) is 4.98 Å². The minimum Gasteiger partial charge on any atom is -0.467 e. The fraction of sp³-hybridized carbons (Fsp3) is 0.412. The molecule has 1 aliphatic rings. The Hall–Kier alpha value is -2.05. The second-order valence-electron chi connectivity index (χ2n) is 5.88. The molecule has 1 fully saturated rings. The van der Waals surface area contributed by atoms with Crippen LogP contribution in [0.25, 0.3) is 0 Å². The number of furan rings is 1. The monoisotopic (exact) mass is 349 g/mol. The maximum absolute atomic E-state index is 12.9. The van der Waals surface area contributed by atoms with E-state index in [0.717, 1.165) is 12.8 Å². The zero-order valence-electron chi connectivity index (χ0n) is 13.4. The number of hydrogen-bond acceptors (Lipinski definition) is 5. The zero-order chi connectivity index (χ0) is 17.1. The molecule has 0 aliphatic carbocycles. The van der Waals surface area contributed by atoms with Gasteiger partial charge in [0.05, 0.1) is 6.26 Å². The van der Waals surface area contributed by atoms with Gasteiger partial charge in [0.15, 0.2) is 0 Å². The van der Waals surface area contributed by atoms with E-state index in [4.69, 9.17) is 16.0 Å². The van der Waals surface area contributed by atoms with Gasteiger partial charge in [-0.1, -0.05) is 11.6 Å². The predicted molar refractivity (Wildman–Crippen MR) is 91.1 cm³/mol. The number of pyridine rings is 1. The van der Waals surface area contributed by atoms with Gasteiger partial charge in [0.2, 0.25) is 0 Å². The third-order valence-electron chi connectivity index (χ3n) is 4.30. The molecule has 24 heavy (non-hydrogen) atoms. The number of anilines is 1. The van der Waals surface area contributed by atoms with E-state index in [0.29, 0.717) is 30.1 Å². The summed E-state index contributed by atoms with van der Waals surface area (Å²) in [5.74, 6) is 0.987. The number of amides is 1. The predicted octanol–water partition coefficient (Wildman–Crippen LogP) is 3.10. The van der Waals surface area contributed by atoms with Crippen LogP contribution in [0.1, 0.15) is 41.5 Å². The van der Waals surface area contributed by atoms with Crippen LogP contribution >= 0.6 is 11.6 Å². The fourth-order valence-electron chi connectivity index (χ4n) is 3.12. The summed E-state index contributed by atoms with van der Waals surface area (Å²) < 4.78 is 5.24. The van der Waals surface area contributed by atoms with Gasteiger partial charge in [0, 0.05) is 31.6 Å². The number of aliphatic hydroxyl groups is 1. The van der Waals surface area contributed by atoms with Crippen molar-refractivity contribution in [2.75, 3.05) is 18.9 Å². The molecule has 7 heteroatoms. The van der Waals surface area contributed by atoms with Crippen LogP contribution in [0.5, 0.6) is 0 Å². The Kier molecular flexibility index (Phi) is 5.06. The van der Waals surface area contributed by atoms with Crippen LogP contribution in [0.15, 0.2) is 34.9 Å². The number of likely N-dealkylation sites (tertiary alicyclic amines) is 1. The van der Waals surface area contributed by atoms with Crippen molar-refractivity contribution in [3.63, 3.8) is 0 Å². The van der Waals surface area contributed by atoms with E-state index < -0.39 is 6.10 Å². The lowest BCUT2D eigenvalue weighted by atomic mass is 10.0. The second-order valence-corrected chi connectivity index (χ2v) is 6.26.